The van der Waals surface area contributed by atoms with Crippen LogP contribution in [-0.4, -0.2) is 23.4 Å². The molecule has 162 valence electrons. The van der Waals surface area contributed by atoms with Crippen LogP contribution in [-0.2, 0) is 22.6 Å². The van der Waals surface area contributed by atoms with Crippen molar-refractivity contribution in [2.24, 2.45) is 0 Å². The van der Waals surface area contributed by atoms with Gasteiger partial charge in [0.1, 0.15) is 12.4 Å². The number of allylic oxidation sites excluding steroid dienone is 2. The number of nitrogens with one attached hydrogen (secondary N) is 2. The van der Waals surface area contributed by atoms with Crippen LogP contribution in [0.4, 0.5) is 4.79 Å². The van der Waals surface area contributed by atoms with Gasteiger partial charge in [-0.3, -0.25) is 4.79 Å². The van der Waals surface area contributed by atoms with Crippen LogP contribution in [0.1, 0.15) is 49.9 Å². The third kappa shape index (κ3) is 6.32. The molecular weight excluding hydrogens is 388 g/mol. The minimum Gasteiger partial charge on any atom is -0.445 e. The smallest absolute Gasteiger partial charge is 0.407 e. The van der Waals surface area contributed by atoms with Gasteiger partial charge in [-0.05, 0) is 44.4 Å². The average molecular weight is 419 g/mol. The fourth-order valence-electron chi connectivity index (χ4n) is 3.83. The van der Waals surface area contributed by atoms with E-state index in [0.29, 0.717) is 19.4 Å². The second-order valence-electron chi connectivity index (χ2n) is 8.06. The Morgan fingerprint density at radius 3 is 2.45 bits per heavy atom. The molecule has 0 aliphatic heterocycles. The Morgan fingerprint density at radius 1 is 1.03 bits per heavy atom. The highest BCUT2D eigenvalue weighted by Gasteiger charge is 2.20. The van der Waals surface area contributed by atoms with Crippen LogP contribution in [0.2, 0.25) is 0 Å². The topological polar surface area (TPSA) is 71.2 Å². The summed E-state index contributed by atoms with van der Waals surface area (Å²) in [4.78, 5) is 27.6. The third-order valence-corrected chi connectivity index (χ3v) is 5.12. The van der Waals surface area contributed by atoms with Gasteiger partial charge in [0.25, 0.3) is 0 Å². The van der Waals surface area contributed by atoms with E-state index in [1.165, 1.54) is 5.57 Å². The first kappa shape index (κ1) is 22.3. The van der Waals surface area contributed by atoms with Crippen molar-refractivity contribution in [1.82, 2.24) is 10.3 Å². The summed E-state index contributed by atoms with van der Waals surface area (Å²) < 4.78 is 5.31. The Balaban J connectivity index is 1.73. The number of benzene rings is 2. The third-order valence-electron chi connectivity index (χ3n) is 5.12. The van der Waals surface area contributed by atoms with E-state index in [2.05, 4.69) is 22.4 Å². The van der Waals surface area contributed by atoms with E-state index in [9.17, 15) is 9.59 Å². The van der Waals surface area contributed by atoms with E-state index >= 15 is 0 Å². The summed E-state index contributed by atoms with van der Waals surface area (Å²) in [5, 5.41) is 3.96. The molecule has 1 heterocycles. The van der Waals surface area contributed by atoms with E-state index in [1.807, 2.05) is 62.4 Å². The monoisotopic (exact) mass is 418 g/mol. The molecule has 0 fully saturated rings. The van der Waals surface area contributed by atoms with Gasteiger partial charge in [-0.15, -0.1) is 0 Å². The van der Waals surface area contributed by atoms with Gasteiger partial charge < -0.3 is 15.0 Å². The number of rotatable bonds is 9. The van der Waals surface area contributed by atoms with Gasteiger partial charge >= 0.3 is 6.09 Å². The van der Waals surface area contributed by atoms with Crippen LogP contribution in [0.25, 0.3) is 10.9 Å². The van der Waals surface area contributed by atoms with Gasteiger partial charge in [-0.2, -0.15) is 0 Å². The Bertz CT molecular complexity index is 1060. The number of aromatic nitrogens is 1. The van der Waals surface area contributed by atoms with Crippen LogP contribution in [0.15, 0.2) is 66.2 Å². The van der Waals surface area contributed by atoms with E-state index in [0.717, 1.165) is 27.7 Å². The molecule has 0 unspecified atom stereocenters. The molecule has 2 N–H and O–H groups in total. The maximum atomic E-state index is 12.1. The van der Waals surface area contributed by atoms with Crippen LogP contribution in [0.5, 0.6) is 0 Å². The van der Waals surface area contributed by atoms with Crippen LogP contribution in [0, 0.1) is 0 Å². The Hall–Kier alpha value is -3.34. The zero-order valence-corrected chi connectivity index (χ0v) is 18.4. The van der Waals surface area contributed by atoms with Gasteiger partial charge in [0, 0.05) is 35.5 Å². The molecule has 2 aromatic carbocycles. The summed E-state index contributed by atoms with van der Waals surface area (Å²) in [6.07, 6.45) is 2.79. The standard InChI is InChI=1S/C26H30N2O3/c1-18(2)15-21(16-19(3)29)25-23(22-11-7-8-12-24(22)28-25)13-14-27-26(30)31-17-20-9-5-4-6-10-20/h4-12,15,21,28H,13-14,16-17H2,1-3H3,(H,27,30)/t21-/m1/s1. The number of fused-ring (bicyclic) bond motifs is 1. The largest absolute Gasteiger partial charge is 0.445 e. The van der Waals surface area contributed by atoms with Crippen molar-refractivity contribution in [1.29, 1.82) is 0 Å². The summed E-state index contributed by atoms with van der Waals surface area (Å²) in [5.74, 6) is 0.129. The number of carbonyl (C=O) groups excluding carboxylic acids is 2. The lowest BCUT2D eigenvalue weighted by Crippen LogP contribution is -2.26. The number of hydrogen-bond acceptors (Lipinski definition) is 3. The number of Topliss-reactive ketones (excluding diaryl/α,β-unsaturated/α-hetero) is 1. The molecule has 0 radical (unpaired) electrons. The van der Waals surface area contributed by atoms with Crippen molar-refractivity contribution in [2.45, 2.75) is 46.1 Å². The lowest BCUT2D eigenvalue weighted by atomic mass is 9.92. The summed E-state index contributed by atoms with van der Waals surface area (Å²) in [6.45, 7) is 6.40. The number of carbonyl (C=O) groups is 2. The minimum absolute atomic E-state index is 0.0186. The number of hydrogen-bond donors (Lipinski definition) is 2. The number of ether oxygens (including phenoxy) is 1. The molecule has 0 bridgehead atoms. The summed E-state index contributed by atoms with van der Waals surface area (Å²) in [5.41, 5.74) is 5.32. The van der Waals surface area contributed by atoms with E-state index in [-0.39, 0.29) is 18.3 Å². The van der Waals surface area contributed by atoms with Crippen molar-refractivity contribution >= 4 is 22.8 Å². The predicted molar refractivity (Wildman–Crippen MR) is 124 cm³/mol. The molecule has 1 amide bonds. The highest BCUT2D eigenvalue weighted by atomic mass is 16.5. The first-order valence-corrected chi connectivity index (χ1v) is 10.6. The molecule has 0 spiro atoms. The van der Waals surface area contributed by atoms with Crippen molar-refractivity contribution < 1.29 is 14.3 Å². The molecule has 0 aliphatic carbocycles. The first-order valence-electron chi connectivity index (χ1n) is 10.6. The SMILES string of the molecule is CC(=O)C[C@@H](C=C(C)C)c1[nH]c2ccccc2c1CCNC(=O)OCc1ccccc1. The molecule has 0 aliphatic rings. The average Bonchev–Trinajstić information content (AvgIpc) is 3.11. The Kier molecular flexibility index (Phi) is 7.65. The Morgan fingerprint density at radius 2 is 1.74 bits per heavy atom. The lowest BCUT2D eigenvalue weighted by Gasteiger charge is -2.14. The van der Waals surface area contributed by atoms with E-state index < -0.39 is 6.09 Å². The molecule has 5 heteroatoms. The maximum Gasteiger partial charge on any atom is 0.407 e. The number of H-pyrrole nitrogens is 1. The molecule has 31 heavy (non-hydrogen) atoms. The second-order valence-corrected chi connectivity index (χ2v) is 8.06. The van der Waals surface area contributed by atoms with E-state index in [1.54, 1.807) is 6.92 Å². The maximum absolute atomic E-state index is 12.1. The molecule has 0 saturated carbocycles. The van der Waals surface area contributed by atoms with Gasteiger partial charge in [-0.25, -0.2) is 4.79 Å². The van der Waals surface area contributed by atoms with Gasteiger partial charge in [0.15, 0.2) is 0 Å². The fraction of sp³-hybridized carbons (Fsp3) is 0.308. The molecule has 1 aromatic heterocycles. The summed E-state index contributed by atoms with van der Waals surface area (Å²) >= 11 is 0. The molecule has 3 rings (SSSR count). The zero-order chi connectivity index (χ0) is 22.2. The molecule has 1 atom stereocenters. The van der Waals surface area contributed by atoms with Gasteiger partial charge in [0.05, 0.1) is 0 Å². The molecule has 0 saturated heterocycles. The van der Waals surface area contributed by atoms with Crippen molar-refractivity contribution in [3.8, 4) is 0 Å². The number of para-hydroxylation sites is 1. The fourth-order valence-corrected chi connectivity index (χ4v) is 3.83. The zero-order valence-electron chi connectivity index (χ0n) is 18.4. The molecule has 3 aromatic rings. The molecule has 5 nitrogen and oxygen atoms in total. The van der Waals surface area contributed by atoms with Crippen molar-refractivity contribution in [3.63, 3.8) is 0 Å². The van der Waals surface area contributed by atoms with Gasteiger partial charge in [0.2, 0.25) is 0 Å². The lowest BCUT2D eigenvalue weighted by molar-refractivity contribution is -0.117. The number of alkyl carbamates (subject to hydrolysis) is 1. The van der Waals surface area contributed by atoms with Crippen LogP contribution in [0.3, 0.4) is 0 Å². The summed E-state index contributed by atoms with van der Waals surface area (Å²) in [7, 11) is 0. The minimum atomic E-state index is -0.435. The van der Waals surface area contributed by atoms with E-state index in [4.69, 9.17) is 4.74 Å². The number of aromatic amines is 1. The molecular formula is C26H30N2O3. The Labute approximate surface area is 183 Å². The highest BCUT2D eigenvalue weighted by Crippen LogP contribution is 2.31. The summed E-state index contributed by atoms with van der Waals surface area (Å²) in [6, 6.07) is 17.7. The van der Waals surface area contributed by atoms with Crippen LogP contribution < -0.4 is 5.32 Å². The van der Waals surface area contributed by atoms with Crippen molar-refractivity contribution in [3.05, 3.63) is 83.1 Å². The quantitative estimate of drug-likeness (QED) is 0.440. The number of ketones is 1. The highest BCUT2D eigenvalue weighted by molar-refractivity contribution is 5.86. The second kappa shape index (κ2) is 10.6. The predicted octanol–water partition coefficient (Wildman–Crippen LogP) is 5.67. The number of amides is 1. The van der Waals surface area contributed by atoms with Gasteiger partial charge in [-0.1, -0.05) is 60.2 Å². The van der Waals surface area contributed by atoms with Crippen molar-refractivity contribution in [2.75, 3.05) is 6.54 Å². The first-order chi connectivity index (χ1) is 14.9. The van der Waals surface area contributed by atoms with Crippen LogP contribution >= 0.6 is 0 Å². The normalized spacial score (nSPS) is 11.7.